The summed E-state index contributed by atoms with van der Waals surface area (Å²) in [7, 11) is 0. The fourth-order valence-electron chi connectivity index (χ4n) is 2.65. The maximum Gasteiger partial charge on any atom is 0.261 e. The van der Waals surface area contributed by atoms with E-state index < -0.39 is 6.10 Å². The van der Waals surface area contributed by atoms with Crippen LogP contribution in [0.2, 0.25) is 0 Å². The van der Waals surface area contributed by atoms with Crippen molar-refractivity contribution in [2.24, 2.45) is 0 Å². The fraction of sp³-hybridized carbons (Fsp3) is 0.263. The smallest absolute Gasteiger partial charge is 0.261 e. The molecule has 0 saturated heterocycles. The number of aryl methyl sites for hydroxylation is 2. The second kappa shape index (κ2) is 6.74. The Balaban J connectivity index is 1.62. The number of carbonyl (C=O) groups is 1. The van der Waals surface area contributed by atoms with Crippen LogP contribution in [0.1, 0.15) is 23.9 Å². The number of carbonyl (C=O) groups excluding carboxylic acids is 1. The van der Waals surface area contributed by atoms with Crippen molar-refractivity contribution in [3.05, 3.63) is 59.4 Å². The van der Waals surface area contributed by atoms with E-state index in [0.29, 0.717) is 12.3 Å². The van der Waals surface area contributed by atoms with Gasteiger partial charge in [-0.15, -0.1) is 0 Å². The van der Waals surface area contributed by atoms with Gasteiger partial charge in [0.05, 0.1) is 5.69 Å². The lowest BCUT2D eigenvalue weighted by Gasteiger charge is -2.15. The zero-order valence-corrected chi connectivity index (χ0v) is 14.1. The number of H-pyrrole nitrogens is 1. The summed E-state index contributed by atoms with van der Waals surface area (Å²) in [6.07, 6.45) is -0.571. The number of hydrogen-bond donors (Lipinski definition) is 2. The van der Waals surface area contributed by atoms with Crippen molar-refractivity contribution in [1.82, 2.24) is 15.5 Å². The molecule has 1 heterocycles. The minimum absolute atomic E-state index is 0.150. The van der Waals surface area contributed by atoms with E-state index in [1.54, 1.807) is 6.92 Å². The third kappa shape index (κ3) is 3.40. The topological polar surface area (TPSA) is 67.0 Å². The molecule has 0 aliphatic carbocycles. The number of benzene rings is 2. The van der Waals surface area contributed by atoms with E-state index in [2.05, 4.69) is 15.5 Å². The first-order chi connectivity index (χ1) is 11.5. The lowest BCUT2D eigenvalue weighted by atomic mass is 10.1. The number of aromatic nitrogens is 2. The number of fused-ring (bicyclic) bond motifs is 1. The maximum absolute atomic E-state index is 12.3. The Bertz CT molecular complexity index is 850. The molecule has 1 amide bonds. The number of nitrogens with one attached hydrogen (secondary N) is 2. The number of rotatable bonds is 5. The van der Waals surface area contributed by atoms with Crippen molar-refractivity contribution in [3.63, 3.8) is 0 Å². The van der Waals surface area contributed by atoms with Crippen molar-refractivity contribution >= 4 is 16.7 Å². The number of nitrogens with zero attached hydrogens (tertiary/aromatic N) is 1. The summed E-state index contributed by atoms with van der Waals surface area (Å²) in [5.74, 6) is 0.537. The third-order valence-electron chi connectivity index (χ3n) is 4.12. The average Bonchev–Trinajstić information content (AvgIpc) is 2.90. The van der Waals surface area contributed by atoms with Gasteiger partial charge in [0, 0.05) is 17.8 Å². The van der Waals surface area contributed by atoms with Gasteiger partial charge >= 0.3 is 0 Å². The molecule has 0 fully saturated rings. The minimum Gasteiger partial charge on any atom is -0.481 e. The minimum atomic E-state index is -0.571. The monoisotopic (exact) mass is 323 g/mol. The molecule has 2 N–H and O–H groups in total. The zero-order chi connectivity index (χ0) is 17.1. The van der Waals surface area contributed by atoms with Crippen molar-refractivity contribution in [1.29, 1.82) is 0 Å². The SMILES string of the molecule is Cc1n[nH]c(C)c1CNC(=O)C(C)Oc1ccc2ccccc2c1. The second-order valence-electron chi connectivity index (χ2n) is 5.90. The molecule has 0 aliphatic heterocycles. The van der Waals surface area contributed by atoms with E-state index in [9.17, 15) is 4.79 Å². The molecule has 0 saturated carbocycles. The molecule has 24 heavy (non-hydrogen) atoms. The Morgan fingerprint density at radius 1 is 1.21 bits per heavy atom. The molecule has 3 rings (SSSR count). The molecule has 3 aromatic rings. The van der Waals surface area contributed by atoms with Crippen LogP contribution in [0.3, 0.4) is 0 Å². The number of hydrogen-bond acceptors (Lipinski definition) is 3. The molecule has 1 aromatic heterocycles. The lowest BCUT2D eigenvalue weighted by molar-refractivity contribution is -0.127. The van der Waals surface area contributed by atoms with E-state index in [1.165, 1.54) is 0 Å². The Morgan fingerprint density at radius 3 is 2.67 bits per heavy atom. The molecular weight excluding hydrogens is 302 g/mol. The predicted molar refractivity (Wildman–Crippen MR) is 93.9 cm³/mol. The van der Waals surface area contributed by atoms with Gasteiger partial charge in [0.25, 0.3) is 5.91 Å². The molecule has 0 aliphatic rings. The Morgan fingerprint density at radius 2 is 1.96 bits per heavy atom. The summed E-state index contributed by atoms with van der Waals surface area (Å²) in [5, 5.41) is 12.2. The van der Waals surface area contributed by atoms with Crippen LogP contribution in [0.4, 0.5) is 0 Å². The van der Waals surface area contributed by atoms with Gasteiger partial charge in [-0.3, -0.25) is 9.89 Å². The van der Waals surface area contributed by atoms with E-state index in [0.717, 1.165) is 27.7 Å². The van der Waals surface area contributed by atoms with Gasteiger partial charge < -0.3 is 10.1 Å². The normalized spacial score (nSPS) is 12.1. The quantitative estimate of drug-likeness (QED) is 0.757. The first kappa shape index (κ1) is 16.1. The molecule has 0 bridgehead atoms. The van der Waals surface area contributed by atoms with E-state index >= 15 is 0 Å². The highest BCUT2D eigenvalue weighted by Crippen LogP contribution is 2.21. The van der Waals surface area contributed by atoms with Gasteiger partial charge in [0.15, 0.2) is 6.10 Å². The first-order valence-electron chi connectivity index (χ1n) is 7.98. The molecule has 124 valence electrons. The summed E-state index contributed by atoms with van der Waals surface area (Å²) in [5.41, 5.74) is 2.88. The van der Waals surface area contributed by atoms with E-state index in [-0.39, 0.29) is 5.91 Å². The van der Waals surface area contributed by atoms with Gasteiger partial charge in [-0.05, 0) is 43.7 Å². The Labute approximate surface area is 141 Å². The van der Waals surface area contributed by atoms with Crippen molar-refractivity contribution in [2.75, 3.05) is 0 Å². The Kier molecular flexibility index (Phi) is 4.51. The molecule has 5 heteroatoms. The first-order valence-corrected chi connectivity index (χ1v) is 7.98. The van der Waals surface area contributed by atoms with Gasteiger partial charge in [0.1, 0.15) is 5.75 Å². The third-order valence-corrected chi connectivity index (χ3v) is 4.12. The molecule has 1 unspecified atom stereocenters. The molecule has 1 atom stereocenters. The summed E-state index contributed by atoms with van der Waals surface area (Å²) >= 11 is 0. The molecular formula is C19H21N3O2. The summed E-state index contributed by atoms with van der Waals surface area (Å²) in [4.78, 5) is 12.3. The molecule has 5 nitrogen and oxygen atoms in total. The van der Waals surface area contributed by atoms with Crippen molar-refractivity contribution in [3.8, 4) is 5.75 Å². The van der Waals surface area contributed by atoms with Gasteiger partial charge in [-0.2, -0.15) is 5.10 Å². The van der Waals surface area contributed by atoms with Crippen LogP contribution in [-0.4, -0.2) is 22.2 Å². The van der Waals surface area contributed by atoms with Gasteiger partial charge in [0.2, 0.25) is 0 Å². The summed E-state index contributed by atoms with van der Waals surface area (Å²) < 4.78 is 5.78. The fourth-order valence-corrected chi connectivity index (χ4v) is 2.65. The maximum atomic E-state index is 12.3. The second-order valence-corrected chi connectivity index (χ2v) is 5.90. The molecule has 0 radical (unpaired) electrons. The molecule has 0 spiro atoms. The van der Waals surface area contributed by atoms with E-state index in [4.69, 9.17) is 4.74 Å². The number of aromatic amines is 1. The van der Waals surface area contributed by atoms with Crippen molar-refractivity contribution < 1.29 is 9.53 Å². The molecule has 2 aromatic carbocycles. The van der Waals surface area contributed by atoms with Crippen LogP contribution >= 0.6 is 0 Å². The predicted octanol–water partition coefficient (Wildman–Crippen LogP) is 3.26. The van der Waals surface area contributed by atoms with E-state index in [1.807, 2.05) is 56.3 Å². The van der Waals surface area contributed by atoms with Crippen LogP contribution in [0.5, 0.6) is 5.75 Å². The average molecular weight is 323 g/mol. The van der Waals surface area contributed by atoms with Gasteiger partial charge in [-0.1, -0.05) is 30.3 Å². The lowest BCUT2D eigenvalue weighted by Crippen LogP contribution is -2.36. The summed E-state index contributed by atoms with van der Waals surface area (Å²) in [6, 6.07) is 13.9. The van der Waals surface area contributed by atoms with Crippen LogP contribution in [0, 0.1) is 13.8 Å². The number of amides is 1. The van der Waals surface area contributed by atoms with Crippen molar-refractivity contribution in [2.45, 2.75) is 33.4 Å². The van der Waals surface area contributed by atoms with Crippen LogP contribution in [0.25, 0.3) is 10.8 Å². The highest BCUT2D eigenvalue weighted by atomic mass is 16.5. The highest BCUT2D eigenvalue weighted by molar-refractivity contribution is 5.84. The largest absolute Gasteiger partial charge is 0.481 e. The Hall–Kier alpha value is -2.82. The van der Waals surface area contributed by atoms with Crippen LogP contribution in [0.15, 0.2) is 42.5 Å². The van der Waals surface area contributed by atoms with Crippen LogP contribution in [-0.2, 0) is 11.3 Å². The number of ether oxygens (including phenoxy) is 1. The van der Waals surface area contributed by atoms with Crippen LogP contribution < -0.4 is 10.1 Å². The highest BCUT2D eigenvalue weighted by Gasteiger charge is 2.16. The van der Waals surface area contributed by atoms with Gasteiger partial charge in [-0.25, -0.2) is 0 Å². The zero-order valence-electron chi connectivity index (χ0n) is 14.1. The summed E-state index contributed by atoms with van der Waals surface area (Å²) in [6.45, 7) is 6.05. The standard InChI is InChI=1S/C19H21N3O2/c1-12-18(13(2)22-21-12)11-20-19(23)14(3)24-17-9-8-15-6-4-5-7-16(15)10-17/h4-10,14H,11H2,1-3H3,(H,20,23)(H,21,22).